The molecule has 0 radical (unpaired) electrons. The van der Waals surface area contributed by atoms with Crippen LogP contribution in [0.15, 0.2) is 51.1 Å². The molecule has 0 bridgehead atoms. The first-order valence-electron chi connectivity index (χ1n) is 5.48. The van der Waals surface area contributed by atoms with Gasteiger partial charge in [-0.2, -0.15) is 5.10 Å². The van der Waals surface area contributed by atoms with Crippen molar-refractivity contribution in [3.63, 3.8) is 0 Å². The van der Waals surface area contributed by atoms with Crippen molar-refractivity contribution in [3.8, 4) is 0 Å². The van der Waals surface area contributed by atoms with Gasteiger partial charge in [0, 0.05) is 4.90 Å². The molecule has 0 aliphatic heterocycles. The molecule has 0 saturated carbocycles. The second-order valence-corrected chi connectivity index (χ2v) is 5.36. The number of hydrogen-bond acceptors (Lipinski definition) is 4. The van der Waals surface area contributed by atoms with Crippen LogP contribution in [-0.4, -0.2) is 22.3 Å². The minimum atomic E-state index is -0.0156. The highest BCUT2D eigenvalue weighted by molar-refractivity contribution is 8.01. The first kappa shape index (κ1) is 13.2. The van der Waals surface area contributed by atoms with Crippen LogP contribution in [-0.2, 0) is 6.54 Å². The number of thioether (sulfide) groups is 2. The Bertz CT molecular complexity index is 581. The summed E-state index contributed by atoms with van der Waals surface area (Å²) in [5, 5.41) is 4.22. The lowest BCUT2D eigenvalue weighted by atomic mass is 10.2. The van der Waals surface area contributed by atoms with Crippen LogP contribution in [0, 0.1) is 0 Å². The van der Waals surface area contributed by atoms with Crippen LogP contribution in [0.5, 0.6) is 0 Å². The van der Waals surface area contributed by atoms with E-state index in [1.807, 2.05) is 42.8 Å². The lowest BCUT2D eigenvalue weighted by Crippen LogP contribution is -2.25. The molecule has 1 heterocycles. The Morgan fingerprint density at radius 2 is 1.89 bits per heavy atom. The number of nitrogens with zero attached hydrogens (tertiary/aromatic N) is 2. The zero-order valence-corrected chi connectivity index (χ0v) is 11.9. The number of aromatic nitrogens is 2. The second-order valence-electron chi connectivity index (χ2n) is 3.69. The van der Waals surface area contributed by atoms with Crippen LogP contribution in [0.25, 0.3) is 0 Å². The van der Waals surface area contributed by atoms with E-state index in [0.717, 1.165) is 15.4 Å². The van der Waals surface area contributed by atoms with Gasteiger partial charge in [-0.15, -0.1) is 23.5 Å². The Hall–Kier alpha value is -1.20. The van der Waals surface area contributed by atoms with Crippen molar-refractivity contribution in [1.29, 1.82) is 0 Å². The average molecular weight is 278 g/mol. The molecular formula is C13H14N2OS2. The molecule has 0 atom stereocenters. The molecule has 2 aromatic rings. The Morgan fingerprint density at radius 1 is 1.17 bits per heavy atom. The van der Waals surface area contributed by atoms with E-state index in [9.17, 15) is 4.79 Å². The molecule has 0 spiro atoms. The van der Waals surface area contributed by atoms with E-state index in [1.165, 1.54) is 16.4 Å². The summed E-state index contributed by atoms with van der Waals surface area (Å²) in [4.78, 5) is 14.0. The smallest absolute Gasteiger partial charge is 0.266 e. The summed E-state index contributed by atoms with van der Waals surface area (Å²) in [5.41, 5.74) is 1.06. The summed E-state index contributed by atoms with van der Waals surface area (Å²) in [5.74, 6) is 0. The van der Waals surface area contributed by atoms with Gasteiger partial charge in [0.05, 0.1) is 17.6 Å². The van der Waals surface area contributed by atoms with Crippen LogP contribution >= 0.6 is 23.5 Å². The molecule has 94 valence electrons. The van der Waals surface area contributed by atoms with E-state index < -0.39 is 0 Å². The first-order chi connectivity index (χ1) is 8.76. The molecular weight excluding hydrogens is 264 g/mol. The van der Waals surface area contributed by atoms with Crippen LogP contribution in [0.4, 0.5) is 0 Å². The summed E-state index contributed by atoms with van der Waals surface area (Å²) in [6, 6.07) is 9.88. The maximum atomic E-state index is 12.3. The fourth-order valence-electron chi connectivity index (χ4n) is 1.66. The topological polar surface area (TPSA) is 34.9 Å². The van der Waals surface area contributed by atoms with E-state index in [0.29, 0.717) is 6.54 Å². The van der Waals surface area contributed by atoms with Gasteiger partial charge in [0.15, 0.2) is 0 Å². The zero-order valence-electron chi connectivity index (χ0n) is 10.3. The van der Waals surface area contributed by atoms with Crippen LogP contribution < -0.4 is 5.56 Å². The third kappa shape index (κ3) is 2.79. The van der Waals surface area contributed by atoms with Gasteiger partial charge >= 0.3 is 0 Å². The molecule has 2 rings (SSSR count). The average Bonchev–Trinajstić information content (AvgIpc) is 2.42. The SMILES string of the molecule is CSc1cnn(Cc2ccccc2)c(=O)c1SC. The largest absolute Gasteiger partial charge is 0.281 e. The monoisotopic (exact) mass is 278 g/mol. The fourth-order valence-corrected chi connectivity index (χ4v) is 3.12. The van der Waals surface area contributed by atoms with Crippen LogP contribution in [0.2, 0.25) is 0 Å². The molecule has 0 unspecified atom stereocenters. The van der Waals surface area contributed by atoms with Crippen molar-refractivity contribution in [2.24, 2.45) is 0 Å². The van der Waals surface area contributed by atoms with Gasteiger partial charge in [-0.1, -0.05) is 30.3 Å². The predicted octanol–water partition coefficient (Wildman–Crippen LogP) is 2.74. The van der Waals surface area contributed by atoms with Crippen molar-refractivity contribution in [2.75, 3.05) is 12.5 Å². The quantitative estimate of drug-likeness (QED) is 0.806. The minimum absolute atomic E-state index is 0.0156. The van der Waals surface area contributed by atoms with E-state index in [1.54, 1.807) is 18.0 Å². The van der Waals surface area contributed by atoms with Gasteiger partial charge in [0.25, 0.3) is 5.56 Å². The maximum Gasteiger partial charge on any atom is 0.281 e. The predicted molar refractivity (Wildman–Crippen MR) is 77.6 cm³/mol. The van der Waals surface area contributed by atoms with Crippen LogP contribution in [0.1, 0.15) is 5.56 Å². The van der Waals surface area contributed by atoms with Crippen molar-refractivity contribution < 1.29 is 0 Å². The molecule has 5 heteroatoms. The lowest BCUT2D eigenvalue weighted by molar-refractivity contribution is 0.612. The first-order valence-corrected chi connectivity index (χ1v) is 7.93. The summed E-state index contributed by atoms with van der Waals surface area (Å²) in [7, 11) is 0. The standard InChI is InChI=1S/C13H14N2OS2/c1-17-11-8-14-15(13(16)12(11)18-2)9-10-6-4-3-5-7-10/h3-8H,9H2,1-2H3. The van der Waals surface area contributed by atoms with Gasteiger partial charge in [-0.3, -0.25) is 4.79 Å². The number of hydrogen-bond donors (Lipinski definition) is 0. The Balaban J connectivity index is 2.38. The van der Waals surface area contributed by atoms with E-state index in [4.69, 9.17) is 0 Å². The molecule has 1 aromatic heterocycles. The highest BCUT2D eigenvalue weighted by Crippen LogP contribution is 2.23. The highest BCUT2D eigenvalue weighted by Gasteiger charge is 2.09. The molecule has 0 saturated heterocycles. The molecule has 3 nitrogen and oxygen atoms in total. The Labute approximate surface area is 115 Å². The van der Waals surface area contributed by atoms with Crippen molar-refractivity contribution in [3.05, 3.63) is 52.4 Å². The molecule has 0 aliphatic carbocycles. The summed E-state index contributed by atoms with van der Waals surface area (Å²) >= 11 is 3.03. The van der Waals surface area contributed by atoms with E-state index >= 15 is 0 Å². The molecule has 0 aliphatic rings. The second kappa shape index (κ2) is 6.11. The van der Waals surface area contributed by atoms with E-state index in [-0.39, 0.29) is 5.56 Å². The minimum Gasteiger partial charge on any atom is -0.266 e. The number of benzene rings is 1. The van der Waals surface area contributed by atoms with Gasteiger partial charge in [-0.25, -0.2) is 4.68 Å². The normalized spacial score (nSPS) is 10.6. The van der Waals surface area contributed by atoms with Crippen molar-refractivity contribution in [1.82, 2.24) is 9.78 Å². The number of rotatable bonds is 4. The maximum absolute atomic E-state index is 12.3. The van der Waals surface area contributed by atoms with Gasteiger partial charge < -0.3 is 0 Å². The van der Waals surface area contributed by atoms with Gasteiger partial charge in [-0.05, 0) is 18.1 Å². The molecule has 18 heavy (non-hydrogen) atoms. The van der Waals surface area contributed by atoms with Crippen molar-refractivity contribution in [2.45, 2.75) is 16.3 Å². The molecule has 0 amide bonds. The van der Waals surface area contributed by atoms with Gasteiger partial charge in [0.1, 0.15) is 0 Å². The summed E-state index contributed by atoms with van der Waals surface area (Å²) in [6.07, 6.45) is 5.64. The summed E-state index contributed by atoms with van der Waals surface area (Å²) in [6.45, 7) is 0.516. The molecule has 1 aromatic carbocycles. The summed E-state index contributed by atoms with van der Waals surface area (Å²) < 4.78 is 1.51. The Morgan fingerprint density at radius 3 is 2.50 bits per heavy atom. The lowest BCUT2D eigenvalue weighted by Gasteiger charge is -2.08. The zero-order chi connectivity index (χ0) is 13.0. The Kier molecular flexibility index (Phi) is 4.49. The van der Waals surface area contributed by atoms with Crippen LogP contribution in [0.3, 0.4) is 0 Å². The third-order valence-corrected chi connectivity index (χ3v) is 4.25. The molecule has 0 fully saturated rings. The fraction of sp³-hybridized carbons (Fsp3) is 0.231. The highest BCUT2D eigenvalue weighted by atomic mass is 32.2. The van der Waals surface area contributed by atoms with Crippen molar-refractivity contribution >= 4 is 23.5 Å². The van der Waals surface area contributed by atoms with Gasteiger partial charge in [0.2, 0.25) is 0 Å². The van der Waals surface area contributed by atoms with E-state index in [2.05, 4.69) is 5.10 Å². The third-order valence-electron chi connectivity index (χ3n) is 2.57. The molecule has 0 N–H and O–H groups in total.